The van der Waals surface area contributed by atoms with Crippen molar-refractivity contribution in [2.75, 3.05) is 25.6 Å². The summed E-state index contributed by atoms with van der Waals surface area (Å²) in [5.74, 6) is -0.401. The highest BCUT2D eigenvalue weighted by atomic mass is 19.4. The summed E-state index contributed by atoms with van der Waals surface area (Å²) in [5.41, 5.74) is -0.800. The van der Waals surface area contributed by atoms with Gasteiger partial charge >= 0.3 is 12.1 Å². The van der Waals surface area contributed by atoms with Crippen molar-refractivity contribution in [2.24, 2.45) is 5.92 Å². The zero-order valence-corrected chi connectivity index (χ0v) is 10.9. The fourth-order valence-corrected chi connectivity index (χ4v) is 1.56. The van der Waals surface area contributed by atoms with E-state index in [1.54, 1.807) is 18.9 Å². The molecule has 1 unspecified atom stereocenters. The van der Waals surface area contributed by atoms with Crippen molar-refractivity contribution in [1.82, 2.24) is 4.98 Å². The molecule has 0 N–H and O–H groups in total. The van der Waals surface area contributed by atoms with Crippen LogP contribution in [0.4, 0.5) is 19.0 Å². The summed E-state index contributed by atoms with van der Waals surface area (Å²) in [4.78, 5) is 16.6. The second-order valence-electron chi connectivity index (χ2n) is 4.21. The van der Waals surface area contributed by atoms with Crippen LogP contribution in [0.25, 0.3) is 0 Å². The quantitative estimate of drug-likeness (QED) is 0.792. The number of nitrogens with zero attached hydrogens (tertiary/aromatic N) is 2. The first-order valence-electron chi connectivity index (χ1n) is 5.58. The Kier molecular flexibility index (Phi) is 4.74. The third-order valence-electron chi connectivity index (χ3n) is 2.62. The summed E-state index contributed by atoms with van der Waals surface area (Å²) < 4.78 is 41.7. The highest BCUT2D eigenvalue weighted by molar-refractivity contribution is 5.72. The average Bonchev–Trinajstić information content (AvgIpc) is 2.36. The lowest BCUT2D eigenvalue weighted by Gasteiger charge is -2.21. The molecule has 19 heavy (non-hydrogen) atoms. The van der Waals surface area contributed by atoms with E-state index in [2.05, 4.69) is 9.72 Å². The average molecular weight is 276 g/mol. The van der Waals surface area contributed by atoms with Crippen LogP contribution >= 0.6 is 0 Å². The number of alkyl halides is 3. The molecular weight excluding hydrogens is 261 g/mol. The topological polar surface area (TPSA) is 42.4 Å². The number of anilines is 1. The van der Waals surface area contributed by atoms with Crippen molar-refractivity contribution in [2.45, 2.75) is 13.1 Å². The van der Waals surface area contributed by atoms with Crippen molar-refractivity contribution in [3.05, 3.63) is 23.9 Å². The third-order valence-corrected chi connectivity index (χ3v) is 2.62. The highest BCUT2D eigenvalue weighted by Gasteiger charge is 2.30. The molecule has 0 aromatic carbocycles. The third kappa shape index (κ3) is 4.11. The molecule has 1 rings (SSSR count). The summed E-state index contributed by atoms with van der Waals surface area (Å²) in [6.45, 7) is 1.98. The number of carbonyl (C=O) groups is 1. The Labute approximate surface area is 109 Å². The summed E-state index contributed by atoms with van der Waals surface area (Å²) >= 11 is 0. The van der Waals surface area contributed by atoms with Gasteiger partial charge in [-0.3, -0.25) is 4.79 Å². The van der Waals surface area contributed by atoms with Crippen LogP contribution in [0.2, 0.25) is 0 Å². The maximum atomic E-state index is 12.4. The minimum absolute atomic E-state index is 0.311. The van der Waals surface area contributed by atoms with Gasteiger partial charge in [-0.05, 0) is 12.1 Å². The van der Waals surface area contributed by atoms with Crippen LogP contribution in [0.5, 0.6) is 0 Å². The largest absolute Gasteiger partial charge is 0.469 e. The maximum Gasteiger partial charge on any atom is 0.417 e. The van der Waals surface area contributed by atoms with E-state index in [1.165, 1.54) is 13.2 Å². The number of aromatic nitrogens is 1. The standard InChI is InChI=1S/C12H15F3N2O2/c1-8(11(18)19-3)7-17(2)10-5-4-9(6-16-10)12(13,14)15/h4-6,8H,7H2,1-3H3. The van der Waals surface area contributed by atoms with Crippen molar-refractivity contribution in [3.8, 4) is 0 Å². The number of halogens is 3. The van der Waals surface area contributed by atoms with E-state index in [-0.39, 0.29) is 11.9 Å². The molecule has 4 nitrogen and oxygen atoms in total. The molecule has 1 aromatic heterocycles. The highest BCUT2D eigenvalue weighted by Crippen LogP contribution is 2.29. The van der Waals surface area contributed by atoms with Crippen LogP contribution in [0.3, 0.4) is 0 Å². The van der Waals surface area contributed by atoms with Gasteiger partial charge in [0, 0.05) is 19.8 Å². The molecule has 0 bridgehead atoms. The minimum Gasteiger partial charge on any atom is -0.469 e. The van der Waals surface area contributed by atoms with Gasteiger partial charge < -0.3 is 9.64 Å². The lowest BCUT2D eigenvalue weighted by atomic mass is 10.1. The molecule has 0 fully saturated rings. The minimum atomic E-state index is -4.40. The number of ether oxygens (including phenoxy) is 1. The predicted octanol–water partition coefficient (Wildman–Crippen LogP) is 2.35. The van der Waals surface area contributed by atoms with Crippen molar-refractivity contribution in [3.63, 3.8) is 0 Å². The van der Waals surface area contributed by atoms with E-state index in [4.69, 9.17) is 0 Å². The fourth-order valence-electron chi connectivity index (χ4n) is 1.56. The number of esters is 1. The molecule has 0 spiro atoms. The van der Waals surface area contributed by atoms with Gasteiger partial charge in [-0.2, -0.15) is 13.2 Å². The molecule has 0 saturated carbocycles. The summed E-state index contributed by atoms with van der Waals surface area (Å²) in [5, 5.41) is 0. The first-order chi connectivity index (χ1) is 8.75. The summed E-state index contributed by atoms with van der Waals surface area (Å²) in [6, 6.07) is 2.23. The zero-order chi connectivity index (χ0) is 14.6. The van der Waals surface area contributed by atoms with E-state index in [0.29, 0.717) is 12.4 Å². The van der Waals surface area contributed by atoms with E-state index >= 15 is 0 Å². The molecule has 0 aliphatic carbocycles. The molecule has 106 valence electrons. The Hall–Kier alpha value is -1.79. The van der Waals surface area contributed by atoms with Gasteiger partial charge in [-0.1, -0.05) is 6.92 Å². The second-order valence-corrected chi connectivity index (χ2v) is 4.21. The Morgan fingerprint density at radius 1 is 1.47 bits per heavy atom. The van der Waals surface area contributed by atoms with Crippen LogP contribution in [-0.4, -0.2) is 31.7 Å². The first-order valence-corrected chi connectivity index (χ1v) is 5.58. The van der Waals surface area contributed by atoms with Crippen LogP contribution in [0.15, 0.2) is 18.3 Å². The predicted molar refractivity (Wildman–Crippen MR) is 63.7 cm³/mol. The van der Waals surface area contributed by atoms with Crippen LogP contribution in [0.1, 0.15) is 12.5 Å². The number of hydrogen-bond acceptors (Lipinski definition) is 4. The smallest absolute Gasteiger partial charge is 0.417 e. The Balaban J connectivity index is 2.73. The van der Waals surface area contributed by atoms with Crippen LogP contribution in [-0.2, 0) is 15.7 Å². The Bertz CT molecular complexity index is 432. The second kappa shape index (κ2) is 5.90. The molecule has 1 aromatic rings. The SMILES string of the molecule is COC(=O)C(C)CN(C)c1ccc(C(F)(F)F)cn1. The van der Waals surface area contributed by atoms with Crippen LogP contribution in [0, 0.1) is 5.92 Å². The summed E-state index contributed by atoms with van der Waals surface area (Å²) in [6.07, 6.45) is -3.63. The number of rotatable bonds is 4. The Morgan fingerprint density at radius 3 is 2.53 bits per heavy atom. The van der Waals surface area contributed by atoms with Crippen molar-refractivity contribution in [1.29, 1.82) is 0 Å². The maximum absolute atomic E-state index is 12.4. The normalized spacial score (nSPS) is 12.9. The molecule has 1 heterocycles. The molecular formula is C12H15F3N2O2. The van der Waals surface area contributed by atoms with Gasteiger partial charge in [0.25, 0.3) is 0 Å². The molecule has 0 saturated heterocycles. The van der Waals surface area contributed by atoms with E-state index in [1.807, 2.05) is 0 Å². The molecule has 7 heteroatoms. The van der Waals surface area contributed by atoms with Crippen molar-refractivity contribution < 1.29 is 22.7 Å². The first kappa shape index (κ1) is 15.3. The number of methoxy groups -OCH3 is 1. The van der Waals surface area contributed by atoms with E-state index in [0.717, 1.165) is 12.3 Å². The van der Waals surface area contributed by atoms with E-state index < -0.39 is 11.7 Å². The van der Waals surface area contributed by atoms with Gasteiger partial charge in [-0.25, -0.2) is 4.98 Å². The Morgan fingerprint density at radius 2 is 2.11 bits per heavy atom. The fraction of sp³-hybridized carbons (Fsp3) is 0.500. The summed E-state index contributed by atoms with van der Waals surface area (Å²) in [7, 11) is 2.93. The van der Waals surface area contributed by atoms with E-state index in [9.17, 15) is 18.0 Å². The molecule has 0 radical (unpaired) electrons. The zero-order valence-electron chi connectivity index (χ0n) is 10.9. The lowest BCUT2D eigenvalue weighted by molar-refractivity contribution is -0.144. The van der Waals surface area contributed by atoms with Gasteiger partial charge in [0.05, 0.1) is 18.6 Å². The lowest BCUT2D eigenvalue weighted by Crippen LogP contribution is -2.29. The molecule has 0 amide bonds. The number of hydrogen-bond donors (Lipinski definition) is 0. The monoisotopic (exact) mass is 276 g/mol. The molecule has 0 aliphatic heterocycles. The van der Waals surface area contributed by atoms with Crippen LogP contribution < -0.4 is 4.90 Å². The number of pyridine rings is 1. The van der Waals surface area contributed by atoms with Gasteiger partial charge in [0.1, 0.15) is 5.82 Å². The molecule has 1 atom stereocenters. The molecule has 0 aliphatic rings. The number of carbonyl (C=O) groups excluding carboxylic acids is 1. The van der Waals surface area contributed by atoms with Gasteiger partial charge in [0.2, 0.25) is 0 Å². The van der Waals surface area contributed by atoms with Crippen molar-refractivity contribution >= 4 is 11.8 Å². The van der Waals surface area contributed by atoms with Gasteiger partial charge in [-0.15, -0.1) is 0 Å². The van der Waals surface area contributed by atoms with Gasteiger partial charge in [0.15, 0.2) is 0 Å².